The average molecular weight is 264 g/mol. The fraction of sp³-hybridized carbons (Fsp3) is 0.933. The maximum Gasteiger partial charge on any atom is 0.104 e. The Kier molecular flexibility index (Phi) is 4.83. The maximum absolute atomic E-state index is 9.20. The minimum Gasteiger partial charge on any atom is -0.303 e. The smallest absolute Gasteiger partial charge is 0.104 e. The molecule has 2 fully saturated rings. The molecule has 1 N–H and O–H groups in total. The van der Waals surface area contributed by atoms with Crippen molar-refractivity contribution in [3.8, 4) is 6.07 Å². The topological polar surface area (TPSA) is 42.3 Å². The summed E-state index contributed by atoms with van der Waals surface area (Å²) in [6.07, 6.45) is 4.93. The predicted molar refractivity (Wildman–Crippen MR) is 77.9 cm³/mol. The molecule has 0 aromatic heterocycles. The number of rotatable bonds is 4. The van der Waals surface area contributed by atoms with Crippen LogP contribution < -0.4 is 5.32 Å². The molecule has 0 saturated carbocycles. The van der Waals surface area contributed by atoms with Crippen LogP contribution in [0.3, 0.4) is 0 Å². The highest BCUT2D eigenvalue weighted by Crippen LogP contribution is 2.29. The first-order valence-electron chi connectivity index (χ1n) is 7.61. The predicted octanol–water partition coefficient (Wildman–Crippen LogP) is 1.29. The second-order valence-corrected chi connectivity index (χ2v) is 6.48. The summed E-state index contributed by atoms with van der Waals surface area (Å²) in [5.74, 6) is 0.843. The van der Waals surface area contributed by atoms with Gasteiger partial charge in [0.05, 0.1) is 6.07 Å². The molecule has 2 heterocycles. The van der Waals surface area contributed by atoms with Gasteiger partial charge >= 0.3 is 0 Å². The number of likely N-dealkylation sites (tertiary alicyclic amines) is 2. The third-order valence-corrected chi connectivity index (χ3v) is 5.16. The van der Waals surface area contributed by atoms with Crippen molar-refractivity contribution in [3.05, 3.63) is 0 Å². The molecule has 3 atom stereocenters. The molecule has 108 valence electrons. The van der Waals surface area contributed by atoms with Crippen LogP contribution in [-0.2, 0) is 0 Å². The number of fused-ring (bicyclic) bond motifs is 1. The van der Waals surface area contributed by atoms with Gasteiger partial charge in [-0.2, -0.15) is 5.26 Å². The van der Waals surface area contributed by atoms with Crippen LogP contribution >= 0.6 is 0 Å². The molecule has 3 unspecified atom stereocenters. The molecule has 0 spiro atoms. The van der Waals surface area contributed by atoms with Gasteiger partial charge < -0.3 is 15.1 Å². The highest BCUT2D eigenvalue weighted by Gasteiger charge is 2.34. The summed E-state index contributed by atoms with van der Waals surface area (Å²) in [7, 11) is 4.16. The number of hydrogen-bond donors (Lipinski definition) is 1. The summed E-state index contributed by atoms with van der Waals surface area (Å²) in [5.41, 5.74) is -0.375. The van der Waals surface area contributed by atoms with E-state index in [2.05, 4.69) is 28.2 Å². The lowest BCUT2D eigenvalue weighted by molar-refractivity contribution is 0.0365. The zero-order valence-corrected chi connectivity index (χ0v) is 12.7. The van der Waals surface area contributed by atoms with E-state index in [4.69, 9.17) is 0 Å². The lowest BCUT2D eigenvalue weighted by Crippen LogP contribution is -2.53. The van der Waals surface area contributed by atoms with E-state index in [-0.39, 0.29) is 5.54 Å². The second kappa shape index (κ2) is 6.21. The van der Waals surface area contributed by atoms with Gasteiger partial charge in [-0.25, -0.2) is 0 Å². The maximum atomic E-state index is 9.20. The van der Waals surface area contributed by atoms with Gasteiger partial charge in [0, 0.05) is 19.1 Å². The largest absolute Gasteiger partial charge is 0.303 e. The van der Waals surface area contributed by atoms with Crippen LogP contribution in [0.2, 0.25) is 0 Å². The van der Waals surface area contributed by atoms with Crippen LogP contribution in [0, 0.1) is 17.2 Å². The molecule has 0 aromatic carbocycles. The van der Waals surface area contributed by atoms with Gasteiger partial charge in [0.25, 0.3) is 0 Å². The SMILES string of the molecule is CNC(C)(C#N)CCN1CCC2C(CCCN2C)C1. The van der Waals surface area contributed by atoms with E-state index in [1.807, 2.05) is 14.0 Å². The quantitative estimate of drug-likeness (QED) is 0.831. The molecule has 2 aliphatic heterocycles. The van der Waals surface area contributed by atoms with Crippen LogP contribution in [-0.4, -0.2) is 61.7 Å². The minimum atomic E-state index is -0.375. The molecule has 2 rings (SSSR count). The molecule has 4 nitrogen and oxygen atoms in total. The van der Waals surface area contributed by atoms with Crippen molar-refractivity contribution in [2.75, 3.05) is 40.3 Å². The molecule has 19 heavy (non-hydrogen) atoms. The molecular weight excluding hydrogens is 236 g/mol. The Morgan fingerprint density at radius 1 is 1.37 bits per heavy atom. The van der Waals surface area contributed by atoms with Gasteiger partial charge in [0.1, 0.15) is 5.54 Å². The Hall–Kier alpha value is -0.630. The van der Waals surface area contributed by atoms with Crippen molar-refractivity contribution in [2.45, 2.75) is 44.2 Å². The van der Waals surface area contributed by atoms with Crippen molar-refractivity contribution >= 4 is 0 Å². The molecule has 0 bridgehead atoms. The number of hydrogen-bond acceptors (Lipinski definition) is 4. The second-order valence-electron chi connectivity index (χ2n) is 6.48. The Morgan fingerprint density at radius 3 is 2.84 bits per heavy atom. The van der Waals surface area contributed by atoms with E-state index in [1.165, 1.54) is 38.9 Å². The van der Waals surface area contributed by atoms with Gasteiger partial charge in [-0.1, -0.05) is 0 Å². The van der Waals surface area contributed by atoms with E-state index in [1.54, 1.807) is 0 Å². The normalized spacial score (nSPS) is 32.3. The Bertz CT molecular complexity index is 338. The number of nitrogens with zero attached hydrogens (tertiary/aromatic N) is 3. The van der Waals surface area contributed by atoms with E-state index >= 15 is 0 Å². The fourth-order valence-corrected chi connectivity index (χ4v) is 3.55. The molecule has 0 aliphatic carbocycles. The summed E-state index contributed by atoms with van der Waals surface area (Å²) < 4.78 is 0. The van der Waals surface area contributed by atoms with E-state index < -0.39 is 0 Å². The summed E-state index contributed by atoms with van der Waals surface area (Å²) >= 11 is 0. The van der Waals surface area contributed by atoms with Crippen molar-refractivity contribution in [3.63, 3.8) is 0 Å². The first kappa shape index (κ1) is 14.8. The molecule has 2 aliphatic rings. The Morgan fingerprint density at radius 2 is 2.16 bits per heavy atom. The third-order valence-electron chi connectivity index (χ3n) is 5.16. The van der Waals surface area contributed by atoms with Crippen molar-refractivity contribution in [2.24, 2.45) is 5.92 Å². The Balaban J connectivity index is 1.83. The van der Waals surface area contributed by atoms with Crippen LogP contribution in [0.4, 0.5) is 0 Å². The molecule has 0 amide bonds. The number of nitriles is 1. The van der Waals surface area contributed by atoms with E-state index in [0.29, 0.717) is 0 Å². The van der Waals surface area contributed by atoms with Crippen molar-refractivity contribution < 1.29 is 0 Å². The molecule has 0 radical (unpaired) electrons. The fourth-order valence-electron chi connectivity index (χ4n) is 3.55. The summed E-state index contributed by atoms with van der Waals surface area (Å²) in [6.45, 7) is 6.72. The minimum absolute atomic E-state index is 0.375. The van der Waals surface area contributed by atoms with Gasteiger partial charge in [-0.15, -0.1) is 0 Å². The zero-order valence-electron chi connectivity index (χ0n) is 12.7. The van der Waals surface area contributed by atoms with Crippen molar-refractivity contribution in [1.29, 1.82) is 5.26 Å². The lowest BCUT2D eigenvalue weighted by Gasteiger charge is -2.46. The highest BCUT2D eigenvalue weighted by atomic mass is 15.2. The molecular formula is C15H28N4. The van der Waals surface area contributed by atoms with Crippen LogP contribution in [0.1, 0.15) is 32.6 Å². The zero-order chi connectivity index (χ0) is 13.9. The molecule has 0 aromatic rings. The summed E-state index contributed by atoms with van der Waals surface area (Å²) in [5, 5.41) is 12.3. The van der Waals surface area contributed by atoms with Crippen LogP contribution in [0.15, 0.2) is 0 Å². The van der Waals surface area contributed by atoms with Crippen LogP contribution in [0.5, 0.6) is 0 Å². The standard InChI is InChI=1S/C15H28N4/c1-15(12-16,17-2)7-10-19-9-6-14-13(11-19)5-4-8-18(14)3/h13-14,17H,4-11H2,1-3H3. The number of nitrogens with one attached hydrogen (secondary N) is 1. The lowest BCUT2D eigenvalue weighted by atomic mass is 9.84. The monoisotopic (exact) mass is 264 g/mol. The average Bonchev–Trinajstić information content (AvgIpc) is 2.45. The van der Waals surface area contributed by atoms with Gasteiger partial charge in [0.15, 0.2) is 0 Å². The van der Waals surface area contributed by atoms with Gasteiger partial charge in [0.2, 0.25) is 0 Å². The van der Waals surface area contributed by atoms with Gasteiger partial charge in [-0.05, 0) is 65.7 Å². The van der Waals surface area contributed by atoms with Crippen molar-refractivity contribution in [1.82, 2.24) is 15.1 Å². The Labute approximate surface area is 117 Å². The van der Waals surface area contributed by atoms with Gasteiger partial charge in [-0.3, -0.25) is 0 Å². The molecule has 2 saturated heterocycles. The van der Waals surface area contributed by atoms with Crippen LogP contribution in [0.25, 0.3) is 0 Å². The summed E-state index contributed by atoms with van der Waals surface area (Å²) in [6, 6.07) is 3.19. The third kappa shape index (κ3) is 3.47. The highest BCUT2D eigenvalue weighted by molar-refractivity contribution is 5.03. The summed E-state index contributed by atoms with van der Waals surface area (Å²) in [4.78, 5) is 5.12. The first-order chi connectivity index (χ1) is 9.08. The first-order valence-corrected chi connectivity index (χ1v) is 7.61. The van der Waals surface area contributed by atoms with E-state index in [0.717, 1.165) is 24.9 Å². The molecule has 4 heteroatoms. The van der Waals surface area contributed by atoms with E-state index in [9.17, 15) is 5.26 Å². The number of piperidine rings is 2.